The van der Waals surface area contributed by atoms with Crippen molar-refractivity contribution in [3.8, 4) is 0 Å². The molecule has 1 aliphatic rings. The van der Waals surface area contributed by atoms with Gasteiger partial charge in [-0.05, 0) is 57.7 Å². The first-order valence-electron chi connectivity index (χ1n) is 8.22. The second-order valence-corrected chi connectivity index (χ2v) is 6.38. The van der Waals surface area contributed by atoms with Crippen LogP contribution in [0.25, 0.3) is 0 Å². The number of aryl methyl sites for hydroxylation is 1. The number of benzene rings is 1. The van der Waals surface area contributed by atoms with Gasteiger partial charge in [0.15, 0.2) is 0 Å². The number of nitrogens with one attached hydrogen (secondary N) is 2. The molecule has 1 fully saturated rings. The van der Waals surface area contributed by atoms with Crippen LogP contribution >= 0.6 is 0 Å². The van der Waals surface area contributed by atoms with Crippen LogP contribution in [0.15, 0.2) is 24.3 Å². The topological polar surface area (TPSA) is 24.1 Å². The zero-order chi connectivity index (χ0) is 14.4. The van der Waals surface area contributed by atoms with E-state index in [1.54, 1.807) is 0 Å². The van der Waals surface area contributed by atoms with Crippen LogP contribution in [0.2, 0.25) is 0 Å². The van der Waals surface area contributed by atoms with Crippen molar-refractivity contribution in [2.75, 3.05) is 6.54 Å². The highest BCUT2D eigenvalue weighted by Gasteiger charge is 2.17. The summed E-state index contributed by atoms with van der Waals surface area (Å²) in [6.45, 7) is 8.00. The van der Waals surface area contributed by atoms with Crippen molar-refractivity contribution >= 4 is 0 Å². The van der Waals surface area contributed by atoms with Crippen molar-refractivity contribution in [1.29, 1.82) is 0 Å². The lowest BCUT2D eigenvalue weighted by atomic mass is 9.99. The minimum atomic E-state index is 0.428. The van der Waals surface area contributed by atoms with Gasteiger partial charge in [-0.1, -0.05) is 37.1 Å². The predicted octanol–water partition coefficient (Wildman–Crippen LogP) is 3.96. The Morgan fingerprint density at radius 1 is 1.20 bits per heavy atom. The summed E-state index contributed by atoms with van der Waals surface area (Å²) in [5, 5.41) is 7.46. The minimum Gasteiger partial charge on any atom is -0.314 e. The first-order chi connectivity index (χ1) is 9.66. The Labute approximate surface area is 124 Å². The van der Waals surface area contributed by atoms with E-state index in [1.165, 1.54) is 49.8 Å². The molecule has 1 aromatic rings. The molecule has 1 saturated heterocycles. The van der Waals surface area contributed by atoms with Gasteiger partial charge in [-0.2, -0.15) is 0 Å². The number of rotatable bonds is 5. The molecule has 0 bridgehead atoms. The molecule has 0 aromatic heterocycles. The van der Waals surface area contributed by atoms with E-state index in [4.69, 9.17) is 0 Å². The Hall–Kier alpha value is -0.860. The van der Waals surface area contributed by atoms with Crippen LogP contribution in [0.1, 0.15) is 63.1 Å². The average molecular weight is 274 g/mol. The van der Waals surface area contributed by atoms with Crippen molar-refractivity contribution < 1.29 is 0 Å². The van der Waals surface area contributed by atoms with E-state index in [1.807, 2.05) is 0 Å². The molecular weight excluding hydrogens is 244 g/mol. The summed E-state index contributed by atoms with van der Waals surface area (Å²) in [7, 11) is 0. The van der Waals surface area contributed by atoms with E-state index >= 15 is 0 Å². The summed E-state index contributed by atoms with van der Waals surface area (Å²) < 4.78 is 0. The molecule has 1 aromatic carbocycles. The quantitative estimate of drug-likeness (QED) is 0.849. The Kier molecular flexibility index (Phi) is 6.06. The third-order valence-corrected chi connectivity index (χ3v) is 4.49. The van der Waals surface area contributed by atoms with Crippen LogP contribution in [-0.4, -0.2) is 18.6 Å². The molecule has 0 amide bonds. The van der Waals surface area contributed by atoms with E-state index in [-0.39, 0.29) is 0 Å². The fourth-order valence-corrected chi connectivity index (χ4v) is 3.39. The monoisotopic (exact) mass is 274 g/mol. The molecule has 1 heterocycles. The highest BCUT2D eigenvalue weighted by Crippen LogP contribution is 2.19. The van der Waals surface area contributed by atoms with Gasteiger partial charge in [0, 0.05) is 18.1 Å². The summed E-state index contributed by atoms with van der Waals surface area (Å²) >= 11 is 0. The summed E-state index contributed by atoms with van der Waals surface area (Å²) in [5.41, 5.74) is 2.81. The number of hydrogen-bond donors (Lipinski definition) is 2. The van der Waals surface area contributed by atoms with Crippen LogP contribution < -0.4 is 10.6 Å². The van der Waals surface area contributed by atoms with Crippen molar-refractivity contribution in [2.45, 2.75) is 71.0 Å². The molecule has 0 spiro atoms. The van der Waals surface area contributed by atoms with Gasteiger partial charge in [0.1, 0.15) is 0 Å². The minimum absolute atomic E-state index is 0.428. The van der Waals surface area contributed by atoms with Gasteiger partial charge < -0.3 is 10.6 Å². The maximum atomic E-state index is 3.76. The van der Waals surface area contributed by atoms with Crippen molar-refractivity contribution in [3.63, 3.8) is 0 Å². The Morgan fingerprint density at radius 2 is 2.00 bits per heavy atom. The van der Waals surface area contributed by atoms with E-state index in [0.717, 1.165) is 0 Å². The molecule has 2 rings (SSSR count). The van der Waals surface area contributed by atoms with Crippen molar-refractivity contribution in [1.82, 2.24) is 10.6 Å². The highest BCUT2D eigenvalue weighted by molar-refractivity contribution is 5.28. The van der Waals surface area contributed by atoms with E-state index in [2.05, 4.69) is 55.7 Å². The molecule has 1 aliphatic heterocycles. The third kappa shape index (κ3) is 4.60. The summed E-state index contributed by atoms with van der Waals surface area (Å²) in [6, 6.07) is 10.4. The van der Waals surface area contributed by atoms with E-state index in [0.29, 0.717) is 18.1 Å². The van der Waals surface area contributed by atoms with Gasteiger partial charge in [0.05, 0.1) is 0 Å². The molecule has 20 heavy (non-hydrogen) atoms. The molecule has 2 heteroatoms. The Morgan fingerprint density at radius 3 is 2.80 bits per heavy atom. The van der Waals surface area contributed by atoms with Crippen LogP contribution in [0.4, 0.5) is 0 Å². The maximum absolute atomic E-state index is 3.76. The first-order valence-corrected chi connectivity index (χ1v) is 8.22. The van der Waals surface area contributed by atoms with E-state index in [9.17, 15) is 0 Å². The zero-order valence-corrected chi connectivity index (χ0v) is 13.3. The zero-order valence-electron chi connectivity index (χ0n) is 13.3. The Bertz CT molecular complexity index is 394. The smallest absolute Gasteiger partial charge is 0.0296 e. The van der Waals surface area contributed by atoms with Crippen molar-refractivity contribution in [3.05, 3.63) is 35.4 Å². The summed E-state index contributed by atoms with van der Waals surface area (Å²) in [6.07, 6.45) is 6.70. The lowest BCUT2D eigenvalue weighted by Gasteiger charge is -2.25. The van der Waals surface area contributed by atoms with Gasteiger partial charge >= 0.3 is 0 Å². The standard InChI is InChI=1S/C18H30N2/c1-14-9-6-7-11-18(14)16(3)20-15(2)13-17-10-5-4-8-12-19-17/h6-7,9,11,15-17,19-20H,4-5,8,10,12-13H2,1-3H3. The van der Waals surface area contributed by atoms with Crippen LogP contribution in [-0.2, 0) is 0 Å². The highest BCUT2D eigenvalue weighted by atomic mass is 15.0. The lowest BCUT2D eigenvalue weighted by molar-refractivity contribution is 0.380. The maximum Gasteiger partial charge on any atom is 0.0296 e. The van der Waals surface area contributed by atoms with Gasteiger partial charge in [0.2, 0.25) is 0 Å². The second kappa shape index (κ2) is 7.80. The molecule has 0 radical (unpaired) electrons. The van der Waals surface area contributed by atoms with Crippen molar-refractivity contribution in [2.24, 2.45) is 0 Å². The molecule has 2 nitrogen and oxygen atoms in total. The van der Waals surface area contributed by atoms with Gasteiger partial charge in [-0.25, -0.2) is 0 Å². The third-order valence-electron chi connectivity index (χ3n) is 4.49. The summed E-state index contributed by atoms with van der Waals surface area (Å²) in [4.78, 5) is 0. The first kappa shape index (κ1) is 15.5. The molecule has 3 unspecified atom stereocenters. The fraction of sp³-hybridized carbons (Fsp3) is 0.667. The number of hydrogen-bond acceptors (Lipinski definition) is 2. The van der Waals surface area contributed by atoms with Crippen LogP contribution in [0, 0.1) is 6.92 Å². The lowest BCUT2D eigenvalue weighted by Crippen LogP contribution is -2.37. The normalized spacial score (nSPS) is 23.1. The van der Waals surface area contributed by atoms with Crippen LogP contribution in [0.3, 0.4) is 0 Å². The largest absolute Gasteiger partial charge is 0.314 e. The Balaban J connectivity index is 1.84. The second-order valence-electron chi connectivity index (χ2n) is 6.38. The van der Waals surface area contributed by atoms with Crippen LogP contribution in [0.5, 0.6) is 0 Å². The molecule has 0 saturated carbocycles. The molecular formula is C18H30N2. The van der Waals surface area contributed by atoms with E-state index < -0.39 is 0 Å². The van der Waals surface area contributed by atoms with Gasteiger partial charge in [-0.15, -0.1) is 0 Å². The molecule has 3 atom stereocenters. The predicted molar refractivity (Wildman–Crippen MR) is 87.1 cm³/mol. The SMILES string of the molecule is Cc1ccccc1C(C)NC(C)CC1CCCCCN1. The van der Waals surface area contributed by atoms with Gasteiger partial charge in [-0.3, -0.25) is 0 Å². The average Bonchev–Trinajstić information content (AvgIpc) is 2.67. The van der Waals surface area contributed by atoms with Gasteiger partial charge in [0.25, 0.3) is 0 Å². The molecule has 112 valence electrons. The molecule has 0 aliphatic carbocycles. The molecule has 2 N–H and O–H groups in total. The fourth-order valence-electron chi connectivity index (χ4n) is 3.39. The summed E-state index contributed by atoms with van der Waals surface area (Å²) in [5.74, 6) is 0.